The summed E-state index contributed by atoms with van der Waals surface area (Å²) in [5.41, 5.74) is 0.603. The van der Waals surface area contributed by atoms with Gasteiger partial charge in [0.2, 0.25) is 0 Å². The Morgan fingerprint density at radius 2 is 1.68 bits per heavy atom. The molecule has 1 heterocycles. The fourth-order valence-electron chi connectivity index (χ4n) is 2.69. The molecule has 9 heteroatoms. The molecule has 144 valence electrons. The third-order valence-electron chi connectivity index (χ3n) is 4.00. The fourth-order valence-corrected chi connectivity index (χ4v) is 3.10. The minimum atomic E-state index is -0.655. The van der Waals surface area contributed by atoms with Crippen molar-refractivity contribution in [1.82, 2.24) is 5.32 Å². The first-order valence-electron chi connectivity index (χ1n) is 7.97. The summed E-state index contributed by atoms with van der Waals surface area (Å²) in [7, 11) is 2.79. The second-order valence-electron chi connectivity index (χ2n) is 5.70. The molecule has 1 fully saturated rings. The zero-order valence-corrected chi connectivity index (χ0v) is 16.4. The average molecular weight is 419 g/mol. The number of carbonyl (C=O) groups is 2. The van der Waals surface area contributed by atoms with Crippen LogP contribution in [0.3, 0.4) is 0 Å². The summed E-state index contributed by atoms with van der Waals surface area (Å²) in [6.07, 6.45) is 1.33. The zero-order chi connectivity index (χ0) is 20.4. The molecular weight excluding hydrogens is 404 g/mol. The molecule has 0 radical (unpaired) electrons. The van der Waals surface area contributed by atoms with Crippen molar-refractivity contribution in [2.24, 2.45) is 0 Å². The molecule has 28 heavy (non-hydrogen) atoms. The molecule has 0 bridgehead atoms. The van der Waals surface area contributed by atoms with Crippen molar-refractivity contribution in [1.29, 1.82) is 0 Å². The number of thiocarbonyl (C=S) groups is 1. The number of methoxy groups -OCH3 is 2. The van der Waals surface area contributed by atoms with Crippen LogP contribution in [0.2, 0.25) is 5.02 Å². The second-order valence-corrected chi connectivity index (χ2v) is 6.52. The molecule has 1 saturated heterocycles. The van der Waals surface area contributed by atoms with E-state index in [9.17, 15) is 14.7 Å². The highest BCUT2D eigenvalue weighted by molar-refractivity contribution is 7.80. The fraction of sp³-hybridized carbons (Fsp3) is 0.105. The van der Waals surface area contributed by atoms with Gasteiger partial charge in [-0.05, 0) is 42.6 Å². The van der Waals surface area contributed by atoms with Crippen LogP contribution in [0.4, 0.5) is 5.69 Å². The van der Waals surface area contributed by atoms with Gasteiger partial charge in [0.25, 0.3) is 11.8 Å². The second kappa shape index (κ2) is 7.87. The van der Waals surface area contributed by atoms with Gasteiger partial charge in [0.1, 0.15) is 22.8 Å². The SMILES string of the molecule is COc1cc(O)cc(OC)c1/C=C1/C(=O)NC(=S)N(c2ccc(Cl)cc2)C1=O. The molecule has 3 rings (SSSR count). The van der Waals surface area contributed by atoms with Crippen molar-refractivity contribution in [2.75, 3.05) is 19.1 Å². The summed E-state index contributed by atoms with van der Waals surface area (Å²) in [5.74, 6) is -0.892. The summed E-state index contributed by atoms with van der Waals surface area (Å²) in [4.78, 5) is 26.7. The van der Waals surface area contributed by atoms with E-state index < -0.39 is 11.8 Å². The number of hydrogen-bond acceptors (Lipinski definition) is 6. The Hall–Kier alpha value is -3.10. The lowest BCUT2D eigenvalue weighted by atomic mass is 10.0. The lowest BCUT2D eigenvalue weighted by Crippen LogP contribution is -2.54. The van der Waals surface area contributed by atoms with E-state index in [0.29, 0.717) is 16.3 Å². The number of nitrogens with one attached hydrogen (secondary N) is 1. The van der Waals surface area contributed by atoms with E-state index in [-0.39, 0.29) is 27.9 Å². The molecule has 0 atom stereocenters. The molecule has 0 spiro atoms. The van der Waals surface area contributed by atoms with Crippen molar-refractivity contribution in [3.63, 3.8) is 0 Å². The van der Waals surface area contributed by atoms with Crippen LogP contribution >= 0.6 is 23.8 Å². The summed E-state index contributed by atoms with van der Waals surface area (Å²) >= 11 is 11.1. The van der Waals surface area contributed by atoms with E-state index >= 15 is 0 Å². The van der Waals surface area contributed by atoms with Gasteiger partial charge in [-0.15, -0.1) is 0 Å². The number of hydrogen-bond donors (Lipinski definition) is 2. The normalized spacial score (nSPS) is 15.6. The predicted molar refractivity (Wildman–Crippen MR) is 109 cm³/mol. The van der Waals surface area contributed by atoms with Crippen LogP contribution < -0.4 is 19.7 Å². The van der Waals surface area contributed by atoms with Crippen LogP contribution in [-0.2, 0) is 9.59 Å². The lowest BCUT2D eigenvalue weighted by molar-refractivity contribution is -0.122. The van der Waals surface area contributed by atoms with Crippen molar-refractivity contribution in [2.45, 2.75) is 0 Å². The molecule has 1 aliphatic heterocycles. The number of amides is 2. The van der Waals surface area contributed by atoms with Gasteiger partial charge >= 0.3 is 0 Å². The average Bonchev–Trinajstić information content (AvgIpc) is 2.66. The van der Waals surface area contributed by atoms with Gasteiger partial charge in [-0.1, -0.05) is 11.6 Å². The topological polar surface area (TPSA) is 88.1 Å². The summed E-state index contributed by atoms with van der Waals surface area (Å²) in [6, 6.07) is 9.15. The maximum atomic E-state index is 13.0. The molecule has 0 saturated carbocycles. The van der Waals surface area contributed by atoms with E-state index in [1.54, 1.807) is 24.3 Å². The highest BCUT2D eigenvalue weighted by atomic mass is 35.5. The van der Waals surface area contributed by atoms with Gasteiger partial charge in [0, 0.05) is 17.2 Å². The molecule has 7 nitrogen and oxygen atoms in total. The predicted octanol–water partition coefficient (Wildman–Crippen LogP) is 2.89. The number of phenols is 1. The monoisotopic (exact) mass is 418 g/mol. The molecule has 0 aromatic heterocycles. The number of anilines is 1. The lowest BCUT2D eigenvalue weighted by Gasteiger charge is -2.29. The minimum absolute atomic E-state index is 0.0425. The number of rotatable bonds is 4. The minimum Gasteiger partial charge on any atom is -0.508 e. The molecular formula is C19H15ClN2O5S. The van der Waals surface area contributed by atoms with E-state index in [1.807, 2.05) is 0 Å². The van der Waals surface area contributed by atoms with E-state index in [1.165, 1.54) is 37.3 Å². The quantitative estimate of drug-likeness (QED) is 0.451. The maximum Gasteiger partial charge on any atom is 0.270 e. The van der Waals surface area contributed by atoms with Gasteiger partial charge in [-0.25, -0.2) is 0 Å². The largest absolute Gasteiger partial charge is 0.508 e. The van der Waals surface area contributed by atoms with Crippen LogP contribution in [-0.4, -0.2) is 36.3 Å². The third kappa shape index (κ3) is 3.64. The van der Waals surface area contributed by atoms with Crippen molar-refractivity contribution in [3.05, 3.63) is 52.6 Å². The number of benzene rings is 2. The smallest absolute Gasteiger partial charge is 0.270 e. The Morgan fingerprint density at radius 1 is 1.11 bits per heavy atom. The number of carbonyl (C=O) groups excluding carboxylic acids is 2. The van der Waals surface area contributed by atoms with Crippen LogP contribution in [0, 0.1) is 0 Å². The number of ether oxygens (including phenoxy) is 2. The van der Waals surface area contributed by atoms with Crippen molar-refractivity contribution >= 4 is 52.5 Å². The Kier molecular flexibility index (Phi) is 5.53. The first-order chi connectivity index (χ1) is 13.3. The van der Waals surface area contributed by atoms with Gasteiger partial charge in [0.15, 0.2) is 5.11 Å². The molecule has 2 aromatic carbocycles. The Labute approximate surface area is 171 Å². The van der Waals surface area contributed by atoms with Crippen LogP contribution in [0.1, 0.15) is 5.56 Å². The number of halogens is 1. The number of aromatic hydroxyl groups is 1. The van der Waals surface area contributed by atoms with E-state index in [2.05, 4.69) is 5.32 Å². The highest BCUT2D eigenvalue weighted by Gasteiger charge is 2.35. The maximum absolute atomic E-state index is 13.0. The third-order valence-corrected chi connectivity index (χ3v) is 4.54. The molecule has 2 aromatic rings. The van der Waals surface area contributed by atoms with Crippen molar-refractivity contribution in [3.8, 4) is 17.2 Å². The molecule has 2 amide bonds. The first kappa shape index (κ1) is 19.7. The Morgan fingerprint density at radius 3 is 2.21 bits per heavy atom. The van der Waals surface area contributed by atoms with Crippen LogP contribution in [0.5, 0.6) is 17.2 Å². The van der Waals surface area contributed by atoms with E-state index in [4.69, 9.17) is 33.3 Å². The van der Waals surface area contributed by atoms with Crippen LogP contribution in [0.25, 0.3) is 6.08 Å². The molecule has 0 aliphatic carbocycles. The number of phenolic OH excluding ortho intramolecular Hbond substituents is 1. The summed E-state index contributed by atoms with van der Waals surface area (Å²) < 4.78 is 10.5. The number of nitrogens with zero attached hydrogens (tertiary/aromatic N) is 1. The Bertz CT molecular complexity index is 979. The standard InChI is InChI=1S/C19H15ClN2O5S/c1-26-15-7-12(23)8-16(27-2)13(15)9-14-17(24)21-19(28)22(18(14)25)11-5-3-10(20)4-6-11/h3-9,23H,1-2H3,(H,21,24,28)/b14-9-. The molecule has 0 unspecified atom stereocenters. The van der Waals surface area contributed by atoms with Gasteiger partial charge in [-0.3, -0.25) is 19.8 Å². The zero-order valence-electron chi connectivity index (χ0n) is 14.9. The van der Waals surface area contributed by atoms with Crippen molar-refractivity contribution < 1.29 is 24.2 Å². The first-order valence-corrected chi connectivity index (χ1v) is 8.76. The summed E-state index contributed by atoms with van der Waals surface area (Å²) in [6.45, 7) is 0. The van der Waals surface area contributed by atoms with E-state index in [0.717, 1.165) is 0 Å². The van der Waals surface area contributed by atoms with Gasteiger partial charge in [-0.2, -0.15) is 0 Å². The van der Waals surface area contributed by atoms with Gasteiger partial charge in [0.05, 0.1) is 25.5 Å². The van der Waals surface area contributed by atoms with Gasteiger partial charge < -0.3 is 14.6 Å². The Balaban J connectivity index is 2.11. The summed E-state index contributed by atoms with van der Waals surface area (Å²) in [5, 5.41) is 12.7. The highest BCUT2D eigenvalue weighted by Crippen LogP contribution is 2.36. The molecule has 2 N–H and O–H groups in total. The molecule has 1 aliphatic rings. The van der Waals surface area contributed by atoms with Crippen LogP contribution in [0.15, 0.2) is 42.0 Å².